The van der Waals surface area contributed by atoms with Crippen LogP contribution in [0.2, 0.25) is 0 Å². The summed E-state index contributed by atoms with van der Waals surface area (Å²) in [4.78, 5) is 34.2. The van der Waals surface area contributed by atoms with E-state index in [-0.39, 0.29) is 17.1 Å². The van der Waals surface area contributed by atoms with Gasteiger partial charge in [-0.2, -0.15) is 0 Å². The van der Waals surface area contributed by atoms with Gasteiger partial charge in [-0.3, -0.25) is 4.79 Å². The number of furan rings is 2. The number of benzene rings is 2. The average Bonchev–Trinajstić information content (AvgIpc) is 3.63. The first kappa shape index (κ1) is 24.7. The minimum absolute atomic E-state index is 0.00126. The number of anilines is 1. The van der Waals surface area contributed by atoms with Crippen molar-refractivity contribution in [2.24, 2.45) is 0 Å². The number of amides is 1. The van der Waals surface area contributed by atoms with Gasteiger partial charge in [-0.1, -0.05) is 0 Å². The molecule has 1 N–H and O–H groups in total. The number of fused-ring (bicyclic) bond motifs is 1. The van der Waals surface area contributed by atoms with E-state index in [0.717, 1.165) is 6.92 Å². The third kappa shape index (κ3) is 4.59. The number of carbonyl (C=O) groups is 2. The van der Waals surface area contributed by atoms with Crippen LogP contribution >= 0.6 is 0 Å². The summed E-state index contributed by atoms with van der Waals surface area (Å²) in [5, 5.41) is 1.70. The highest BCUT2D eigenvalue weighted by molar-refractivity contribution is 5.99. The van der Waals surface area contributed by atoms with E-state index in [4.69, 9.17) is 13.6 Å². The number of hydrogen-bond acceptors (Lipinski definition) is 7. The van der Waals surface area contributed by atoms with Gasteiger partial charge in [0.1, 0.15) is 17.1 Å². The van der Waals surface area contributed by atoms with E-state index in [1.165, 1.54) is 30.7 Å². The number of carbonyl (C=O) groups excluding carboxylic acids is 2. The summed E-state index contributed by atoms with van der Waals surface area (Å²) in [5.74, 6) is -8.36. The highest BCUT2D eigenvalue weighted by Gasteiger charge is 2.25. The summed E-state index contributed by atoms with van der Waals surface area (Å²) in [6, 6.07) is 11.0. The molecule has 192 valence electrons. The molecule has 38 heavy (non-hydrogen) atoms. The molecule has 3 heterocycles. The summed E-state index contributed by atoms with van der Waals surface area (Å²) < 4.78 is 70.6. The van der Waals surface area contributed by atoms with Crippen LogP contribution in [0.4, 0.5) is 23.2 Å². The number of nitrogens with zero attached hydrogens (tertiary/aromatic N) is 2. The first-order valence-corrected chi connectivity index (χ1v) is 11.0. The molecule has 0 radical (unpaired) electrons. The normalized spacial score (nSPS) is 11.9. The van der Waals surface area contributed by atoms with Gasteiger partial charge in [-0.25, -0.2) is 32.3 Å². The Morgan fingerprint density at radius 2 is 1.42 bits per heavy atom. The van der Waals surface area contributed by atoms with Crippen molar-refractivity contribution in [2.45, 2.75) is 13.0 Å². The SMILES string of the molecule is CC(OC(=O)c1ccc2nc(-c3ccco3)c(-c3ccco3)nc2c1)C(=O)Nc1c(F)c(F)cc(F)c1F. The smallest absolute Gasteiger partial charge is 0.338 e. The second kappa shape index (κ2) is 9.81. The molecule has 5 aromatic rings. The zero-order valence-corrected chi connectivity index (χ0v) is 19.3. The molecule has 3 aromatic heterocycles. The summed E-state index contributed by atoms with van der Waals surface area (Å²) in [7, 11) is 0. The fourth-order valence-electron chi connectivity index (χ4n) is 3.54. The van der Waals surface area contributed by atoms with Crippen molar-refractivity contribution in [3.05, 3.63) is 89.9 Å². The monoisotopic (exact) mass is 525 g/mol. The Balaban J connectivity index is 1.40. The van der Waals surface area contributed by atoms with Gasteiger partial charge in [0.25, 0.3) is 5.91 Å². The van der Waals surface area contributed by atoms with E-state index in [1.807, 2.05) is 0 Å². The molecular formula is C26H15F4N3O5. The van der Waals surface area contributed by atoms with E-state index >= 15 is 0 Å². The van der Waals surface area contributed by atoms with Gasteiger partial charge in [0.15, 0.2) is 40.9 Å². The predicted octanol–water partition coefficient (Wildman–Crippen LogP) is 5.89. The minimum Gasteiger partial charge on any atom is -0.463 e. The molecule has 2 aromatic carbocycles. The molecule has 0 saturated carbocycles. The second-order valence-corrected chi connectivity index (χ2v) is 7.96. The number of esters is 1. The second-order valence-electron chi connectivity index (χ2n) is 7.96. The lowest BCUT2D eigenvalue weighted by atomic mass is 10.1. The molecule has 0 fully saturated rings. The van der Waals surface area contributed by atoms with Crippen molar-refractivity contribution >= 4 is 28.6 Å². The van der Waals surface area contributed by atoms with E-state index < -0.39 is 46.9 Å². The summed E-state index contributed by atoms with van der Waals surface area (Å²) in [5.41, 5.74) is 0.102. The maximum atomic E-state index is 13.9. The molecule has 0 spiro atoms. The number of nitrogens with one attached hydrogen (secondary N) is 1. The lowest BCUT2D eigenvalue weighted by molar-refractivity contribution is -0.123. The Hall–Kier alpha value is -5.00. The molecule has 5 rings (SSSR count). The number of ether oxygens (including phenoxy) is 1. The van der Waals surface area contributed by atoms with E-state index in [9.17, 15) is 27.2 Å². The molecule has 0 aliphatic heterocycles. The topological polar surface area (TPSA) is 107 Å². The van der Waals surface area contributed by atoms with Crippen molar-refractivity contribution < 1.29 is 40.7 Å². The lowest BCUT2D eigenvalue weighted by Crippen LogP contribution is -2.31. The Labute approximate surface area is 210 Å². The summed E-state index contributed by atoms with van der Waals surface area (Å²) in [6.45, 7) is 1.12. The van der Waals surface area contributed by atoms with Crippen LogP contribution in [-0.2, 0) is 9.53 Å². The van der Waals surface area contributed by atoms with Crippen LogP contribution in [0.3, 0.4) is 0 Å². The van der Waals surface area contributed by atoms with E-state index in [1.54, 1.807) is 29.6 Å². The number of rotatable bonds is 6. The number of hydrogen-bond donors (Lipinski definition) is 1. The first-order valence-electron chi connectivity index (χ1n) is 11.0. The van der Waals surface area contributed by atoms with Gasteiger partial charge in [0.05, 0.1) is 29.1 Å². The lowest BCUT2D eigenvalue weighted by Gasteiger charge is -2.15. The predicted molar refractivity (Wildman–Crippen MR) is 125 cm³/mol. The van der Waals surface area contributed by atoms with Crippen molar-refractivity contribution in [3.63, 3.8) is 0 Å². The largest absolute Gasteiger partial charge is 0.463 e. The first-order chi connectivity index (χ1) is 18.2. The van der Waals surface area contributed by atoms with Gasteiger partial charge in [0.2, 0.25) is 0 Å². The molecule has 0 aliphatic rings. The van der Waals surface area contributed by atoms with Crippen molar-refractivity contribution in [3.8, 4) is 22.9 Å². The van der Waals surface area contributed by atoms with Crippen LogP contribution in [0, 0.1) is 23.3 Å². The average molecular weight is 525 g/mol. The summed E-state index contributed by atoms with van der Waals surface area (Å²) in [6.07, 6.45) is 1.36. The van der Waals surface area contributed by atoms with Crippen LogP contribution in [0.5, 0.6) is 0 Å². The summed E-state index contributed by atoms with van der Waals surface area (Å²) >= 11 is 0. The van der Waals surface area contributed by atoms with Crippen molar-refractivity contribution in [1.82, 2.24) is 9.97 Å². The van der Waals surface area contributed by atoms with E-state index in [0.29, 0.717) is 28.4 Å². The molecule has 0 bridgehead atoms. The fraction of sp³-hybridized carbons (Fsp3) is 0.0769. The van der Waals surface area contributed by atoms with Crippen LogP contribution in [-0.4, -0.2) is 27.9 Å². The molecule has 12 heteroatoms. The highest BCUT2D eigenvalue weighted by atomic mass is 19.2. The zero-order chi connectivity index (χ0) is 27.0. The highest BCUT2D eigenvalue weighted by Crippen LogP contribution is 2.32. The number of aromatic nitrogens is 2. The Bertz CT molecular complexity index is 1640. The Morgan fingerprint density at radius 1 is 0.842 bits per heavy atom. The van der Waals surface area contributed by atoms with Crippen LogP contribution in [0.1, 0.15) is 17.3 Å². The van der Waals surface area contributed by atoms with Gasteiger partial charge in [-0.15, -0.1) is 0 Å². The Kier molecular flexibility index (Phi) is 6.37. The van der Waals surface area contributed by atoms with E-state index in [2.05, 4.69) is 9.97 Å². The Morgan fingerprint density at radius 3 is 1.97 bits per heavy atom. The van der Waals surface area contributed by atoms with Crippen LogP contribution in [0.25, 0.3) is 33.9 Å². The van der Waals surface area contributed by atoms with Crippen LogP contribution < -0.4 is 5.32 Å². The quantitative estimate of drug-likeness (QED) is 0.167. The van der Waals surface area contributed by atoms with Crippen LogP contribution in [0.15, 0.2) is 69.9 Å². The zero-order valence-electron chi connectivity index (χ0n) is 19.3. The maximum absolute atomic E-state index is 13.9. The maximum Gasteiger partial charge on any atom is 0.338 e. The fourth-order valence-corrected chi connectivity index (χ4v) is 3.54. The van der Waals surface area contributed by atoms with Gasteiger partial charge >= 0.3 is 5.97 Å². The third-order valence-electron chi connectivity index (χ3n) is 5.42. The van der Waals surface area contributed by atoms with Gasteiger partial charge in [0, 0.05) is 6.07 Å². The van der Waals surface area contributed by atoms with Gasteiger partial charge in [-0.05, 0) is 49.4 Å². The minimum atomic E-state index is -1.80. The number of halogens is 4. The molecule has 0 aliphatic carbocycles. The van der Waals surface area contributed by atoms with Gasteiger partial charge < -0.3 is 18.9 Å². The van der Waals surface area contributed by atoms with Crippen molar-refractivity contribution in [1.29, 1.82) is 0 Å². The third-order valence-corrected chi connectivity index (χ3v) is 5.42. The standard InChI is InChI=1S/C26H15F4N3O5/c1-12(25(34)33-24-20(29)14(27)11-15(28)21(24)30)38-26(35)13-6-7-16-17(10-13)32-23(19-5-3-9-37-19)22(31-16)18-4-2-8-36-18/h2-12H,1H3,(H,33,34). The molecule has 1 atom stereocenters. The molecule has 8 nitrogen and oxygen atoms in total. The molecule has 0 saturated heterocycles. The molecule has 1 unspecified atom stereocenters. The molecular weight excluding hydrogens is 510 g/mol. The molecule has 1 amide bonds. The van der Waals surface area contributed by atoms with Crippen molar-refractivity contribution in [2.75, 3.05) is 5.32 Å².